The van der Waals surface area contributed by atoms with Crippen molar-refractivity contribution in [3.63, 3.8) is 0 Å². The summed E-state index contributed by atoms with van der Waals surface area (Å²) in [5, 5.41) is 10.7. The molecule has 2 aromatic carbocycles. The summed E-state index contributed by atoms with van der Waals surface area (Å²) >= 11 is 0. The monoisotopic (exact) mass is 412 g/mol. The molecule has 1 aliphatic heterocycles. The molecule has 31 heavy (non-hydrogen) atoms. The molecule has 1 unspecified atom stereocenters. The Morgan fingerprint density at radius 3 is 2.84 bits per heavy atom. The van der Waals surface area contributed by atoms with Crippen molar-refractivity contribution in [3.05, 3.63) is 77.8 Å². The summed E-state index contributed by atoms with van der Waals surface area (Å²) in [5.41, 5.74) is 2.92. The lowest BCUT2D eigenvalue weighted by Gasteiger charge is -2.31. The smallest absolute Gasteiger partial charge is 0.266 e. The number of rotatable bonds is 4. The van der Waals surface area contributed by atoms with Crippen LogP contribution < -0.4 is 0 Å². The Balaban J connectivity index is 1.34. The van der Waals surface area contributed by atoms with Crippen LogP contribution in [0.15, 0.2) is 65.2 Å². The Morgan fingerprint density at radius 1 is 1.10 bits per heavy atom. The fraction of sp³-hybridized carbons (Fsp3) is 0.280. The number of likely N-dealkylation sites (tertiary alicyclic amines) is 1. The number of nitrogens with zero attached hydrogens (tertiary/aromatic N) is 4. The van der Waals surface area contributed by atoms with Crippen LogP contribution in [-0.2, 0) is 11.2 Å². The number of hydrogen-bond donors (Lipinski definition) is 0. The van der Waals surface area contributed by atoms with Gasteiger partial charge in [0.1, 0.15) is 5.69 Å². The highest BCUT2D eigenvalue weighted by molar-refractivity contribution is 5.92. The molecule has 0 N–H and O–H groups in total. The third kappa shape index (κ3) is 3.93. The molecular weight excluding hydrogens is 388 g/mol. The van der Waals surface area contributed by atoms with Crippen molar-refractivity contribution in [1.29, 1.82) is 0 Å². The number of amides is 1. The highest BCUT2D eigenvalue weighted by atomic mass is 16.4. The molecule has 2 aromatic heterocycles. The quantitative estimate of drug-likeness (QED) is 0.492. The van der Waals surface area contributed by atoms with Crippen LogP contribution in [0.25, 0.3) is 22.4 Å². The second kappa shape index (κ2) is 8.30. The highest BCUT2D eigenvalue weighted by Crippen LogP contribution is 2.30. The fourth-order valence-corrected chi connectivity index (χ4v) is 4.27. The minimum atomic E-state index is 0.0470. The van der Waals surface area contributed by atoms with Crippen LogP contribution in [0.4, 0.5) is 0 Å². The molecule has 0 bridgehead atoms. The van der Waals surface area contributed by atoms with E-state index >= 15 is 0 Å². The van der Waals surface area contributed by atoms with E-state index in [1.165, 1.54) is 0 Å². The van der Waals surface area contributed by atoms with Crippen LogP contribution in [0.3, 0.4) is 0 Å². The number of aryl methyl sites for hydroxylation is 1. The Labute approximate surface area is 180 Å². The minimum Gasteiger partial charge on any atom is -0.419 e. The zero-order chi connectivity index (χ0) is 21.2. The molecule has 1 atom stereocenters. The van der Waals surface area contributed by atoms with Gasteiger partial charge in [0.25, 0.3) is 5.89 Å². The van der Waals surface area contributed by atoms with Crippen LogP contribution in [-0.4, -0.2) is 39.1 Å². The predicted molar refractivity (Wildman–Crippen MR) is 118 cm³/mol. The number of hydrogen-bond acceptors (Lipinski definition) is 5. The standard InChI is InChI=1S/C25H24N4O2/c1-17-7-2-3-9-19(17)15-22(30)29-14-6-10-20(16-29)24-27-28-25(31-24)23-21-11-5-4-8-18(21)12-13-26-23/h2-5,7-9,11-13,20H,6,10,14-16H2,1H3. The van der Waals surface area contributed by atoms with E-state index in [0.29, 0.717) is 30.4 Å². The average molecular weight is 412 g/mol. The largest absolute Gasteiger partial charge is 0.419 e. The lowest BCUT2D eigenvalue weighted by atomic mass is 9.97. The van der Waals surface area contributed by atoms with Crippen molar-refractivity contribution >= 4 is 16.7 Å². The predicted octanol–water partition coefficient (Wildman–Crippen LogP) is 4.54. The Hall–Kier alpha value is -3.54. The van der Waals surface area contributed by atoms with Crippen molar-refractivity contribution in [1.82, 2.24) is 20.1 Å². The maximum atomic E-state index is 12.9. The van der Waals surface area contributed by atoms with Crippen LogP contribution in [0.5, 0.6) is 0 Å². The molecule has 6 heteroatoms. The number of aromatic nitrogens is 3. The normalized spacial score (nSPS) is 16.5. The number of pyridine rings is 1. The summed E-state index contributed by atoms with van der Waals surface area (Å²) in [6.07, 6.45) is 4.04. The summed E-state index contributed by atoms with van der Waals surface area (Å²) in [6, 6.07) is 18.0. The third-order valence-electron chi connectivity index (χ3n) is 6.04. The molecule has 5 rings (SSSR count). The molecular formula is C25H24N4O2. The van der Waals surface area contributed by atoms with Gasteiger partial charge in [-0.15, -0.1) is 10.2 Å². The van der Waals surface area contributed by atoms with Gasteiger partial charge in [-0.2, -0.15) is 0 Å². The first-order valence-electron chi connectivity index (χ1n) is 10.7. The number of carbonyl (C=O) groups is 1. The Kier molecular flexibility index (Phi) is 5.20. The van der Waals surface area contributed by atoms with Crippen LogP contribution >= 0.6 is 0 Å². The first kappa shape index (κ1) is 19.4. The first-order valence-corrected chi connectivity index (χ1v) is 10.7. The van der Waals surface area contributed by atoms with E-state index < -0.39 is 0 Å². The van der Waals surface area contributed by atoms with Crippen molar-refractivity contribution in [2.24, 2.45) is 0 Å². The summed E-state index contributed by atoms with van der Waals surface area (Å²) < 4.78 is 6.06. The second-order valence-corrected chi connectivity index (χ2v) is 8.11. The van der Waals surface area contributed by atoms with Crippen molar-refractivity contribution < 1.29 is 9.21 Å². The number of piperidine rings is 1. The Bertz CT molecular complexity index is 1230. The van der Waals surface area contributed by atoms with Crippen LogP contribution in [0, 0.1) is 6.92 Å². The zero-order valence-electron chi connectivity index (χ0n) is 17.5. The lowest BCUT2D eigenvalue weighted by Crippen LogP contribution is -2.40. The third-order valence-corrected chi connectivity index (χ3v) is 6.04. The van der Waals surface area contributed by atoms with E-state index in [-0.39, 0.29) is 11.8 Å². The highest BCUT2D eigenvalue weighted by Gasteiger charge is 2.29. The van der Waals surface area contributed by atoms with Gasteiger partial charge in [-0.1, -0.05) is 48.5 Å². The number of carbonyl (C=O) groups excluding carboxylic acids is 1. The summed E-state index contributed by atoms with van der Waals surface area (Å²) in [5.74, 6) is 1.20. The first-order chi connectivity index (χ1) is 15.2. The molecule has 6 nitrogen and oxygen atoms in total. The van der Waals surface area contributed by atoms with Gasteiger partial charge in [-0.25, -0.2) is 0 Å². The molecule has 0 radical (unpaired) electrons. The van der Waals surface area contributed by atoms with Crippen molar-refractivity contribution in [3.8, 4) is 11.6 Å². The minimum absolute atomic E-state index is 0.0470. The molecule has 0 spiro atoms. The maximum absolute atomic E-state index is 12.9. The van der Waals surface area contributed by atoms with E-state index in [9.17, 15) is 4.79 Å². The van der Waals surface area contributed by atoms with Gasteiger partial charge in [0.15, 0.2) is 0 Å². The molecule has 1 fully saturated rings. The lowest BCUT2D eigenvalue weighted by molar-refractivity contribution is -0.131. The maximum Gasteiger partial charge on any atom is 0.266 e. The summed E-state index contributed by atoms with van der Waals surface area (Å²) in [7, 11) is 0. The second-order valence-electron chi connectivity index (χ2n) is 8.11. The topological polar surface area (TPSA) is 72.1 Å². The molecule has 0 saturated carbocycles. The number of benzene rings is 2. The molecule has 0 aliphatic carbocycles. The van der Waals surface area contributed by atoms with Crippen LogP contribution in [0.1, 0.15) is 35.8 Å². The molecule has 3 heterocycles. The van der Waals surface area contributed by atoms with E-state index in [4.69, 9.17) is 4.42 Å². The van der Waals surface area contributed by atoms with Gasteiger partial charge in [0, 0.05) is 24.7 Å². The van der Waals surface area contributed by atoms with Gasteiger partial charge in [-0.05, 0) is 42.3 Å². The van der Waals surface area contributed by atoms with Gasteiger partial charge >= 0.3 is 0 Å². The summed E-state index contributed by atoms with van der Waals surface area (Å²) in [6.45, 7) is 3.42. The molecule has 4 aromatic rings. The summed E-state index contributed by atoms with van der Waals surface area (Å²) in [4.78, 5) is 19.3. The van der Waals surface area contributed by atoms with Crippen molar-refractivity contribution in [2.75, 3.05) is 13.1 Å². The van der Waals surface area contributed by atoms with E-state index in [1.54, 1.807) is 6.20 Å². The molecule has 156 valence electrons. The van der Waals surface area contributed by atoms with E-state index in [2.05, 4.69) is 15.2 Å². The van der Waals surface area contributed by atoms with Gasteiger partial charge in [0.2, 0.25) is 11.8 Å². The zero-order valence-corrected chi connectivity index (χ0v) is 17.5. The molecule has 1 amide bonds. The van der Waals surface area contributed by atoms with Gasteiger partial charge < -0.3 is 9.32 Å². The Morgan fingerprint density at radius 2 is 1.94 bits per heavy atom. The van der Waals surface area contributed by atoms with Crippen LogP contribution in [0.2, 0.25) is 0 Å². The average Bonchev–Trinajstić information content (AvgIpc) is 3.30. The van der Waals surface area contributed by atoms with E-state index in [1.807, 2.05) is 66.4 Å². The number of fused-ring (bicyclic) bond motifs is 1. The molecule has 1 saturated heterocycles. The van der Waals surface area contributed by atoms with E-state index in [0.717, 1.165) is 41.3 Å². The van der Waals surface area contributed by atoms with Gasteiger partial charge in [-0.3, -0.25) is 9.78 Å². The fourth-order valence-electron chi connectivity index (χ4n) is 4.27. The van der Waals surface area contributed by atoms with Crippen molar-refractivity contribution in [2.45, 2.75) is 32.1 Å². The van der Waals surface area contributed by atoms with Gasteiger partial charge in [0.05, 0.1) is 12.3 Å². The SMILES string of the molecule is Cc1ccccc1CC(=O)N1CCCC(c2nnc(-c3nccc4ccccc34)o2)C1. The molecule has 1 aliphatic rings.